The van der Waals surface area contributed by atoms with E-state index in [1.807, 2.05) is 0 Å². The van der Waals surface area contributed by atoms with Gasteiger partial charge in [0.1, 0.15) is 0 Å². The Morgan fingerprint density at radius 2 is 2.62 bits per heavy atom. The normalized spacial score (nSPS) is 20.7. The van der Waals surface area contributed by atoms with E-state index in [1.165, 1.54) is 11.3 Å². The summed E-state index contributed by atoms with van der Waals surface area (Å²) in [5.74, 6) is 0.0173. The fourth-order valence-corrected chi connectivity index (χ4v) is 2.62. The van der Waals surface area contributed by atoms with Gasteiger partial charge in [-0.2, -0.15) is 0 Å². The number of rotatable bonds is 3. The summed E-state index contributed by atoms with van der Waals surface area (Å²) in [6.07, 6.45) is 2.16. The molecular formula is C11H15NO3S. The van der Waals surface area contributed by atoms with Crippen LogP contribution in [-0.4, -0.2) is 30.8 Å². The molecule has 0 saturated carbocycles. The number of nitrogens with zero attached hydrogens (tertiary/aromatic N) is 1. The highest BCUT2D eigenvalue weighted by atomic mass is 32.1. The first kappa shape index (κ1) is 11.5. The summed E-state index contributed by atoms with van der Waals surface area (Å²) in [6, 6.07) is 0. The van der Waals surface area contributed by atoms with Crippen LogP contribution in [0.4, 0.5) is 0 Å². The van der Waals surface area contributed by atoms with Crippen LogP contribution in [0.15, 0.2) is 5.38 Å². The van der Waals surface area contributed by atoms with Gasteiger partial charge in [-0.15, -0.1) is 11.3 Å². The van der Waals surface area contributed by atoms with Gasteiger partial charge in [0.2, 0.25) is 0 Å². The van der Waals surface area contributed by atoms with Crippen molar-refractivity contribution in [3.8, 4) is 0 Å². The number of hydrogen-bond donors (Lipinski definition) is 0. The molecule has 2 heterocycles. The van der Waals surface area contributed by atoms with E-state index in [4.69, 9.17) is 9.47 Å². The Morgan fingerprint density at radius 1 is 1.75 bits per heavy atom. The molecule has 0 aliphatic carbocycles. The van der Waals surface area contributed by atoms with Crippen molar-refractivity contribution in [2.75, 3.05) is 19.8 Å². The SMILES string of the molecule is CCOC(=O)c1csc(C2CCCOC2)n1. The minimum absolute atomic E-state index is 0.332. The molecule has 1 aromatic rings. The lowest BCUT2D eigenvalue weighted by Gasteiger charge is -2.19. The molecule has 0 aromatic carbocycles. The van der Waals surface area contributed by atoms with E-state index in [9.17, 15) is 4.79 Å². The Balaban J connectivity index is 2.03. The van der Waals surface area contributed by atoms with E-state index in [2.05, 4.69) is 4.98 Å². The second kappa shape index (κ2) is 5.41. The third kappa shape index (κ3) is 2.59. The van der Waals surface area contributed by atoms with Gasteiger partial charge in [0.25, 0.3) is 0 Å². The highest BCUT2D eigenvalue weighted by molar-refractivity contribution is 7.09. The zero-order valence-corrected chi connectivity index (χ0v) is 10.1. The molecule has 0 amide bonds. The van der Waals surface area contributed by atoms with Crippen molar-refractivity contribution in [2.45, 2.75) is 25.7 Å². The number of aromatic nitrogens is 1. The van der Waals surface area contributed by atoms with E-state index in [0.29, 0.717) is 18.2 Å². The molecule has 5 heteroatoms. The second-order valence-electron chi connectivity index (χ2n) is 3.71. The molecule has 88 valence electrons. The lowest BCUT2D eigenvalue weighted by molar-refractivity contribution is 0.0518. The van der Waals surface area contributed by atoms with Crippen molar-refractivity contribution in [2.24, 2.45) is 0 Å². The minimum atomic E-state index is -0.332. The summed E-state index contributed by atoms with van der Waals surface area (Å²) >= 11 is 1.52. The largest absolute Gasteiger partial charge is 0.461 e. The number of thiazole rings is 1. The summed E-state index contributed by atoms with van der Waals surface area (Å²) in [4.78, 5) is 15.7. The molecule has 4 nitrogen and oxygen atoms in total. The molecular weight excluding hydrogens is 226 g/mol. The summed E-state index contributed by atoms with van der Waals surface area (Å²) in [5, 5.41) is 2.75. The molecule has 0 N–H and O–H groups in total. The number of ether oxygens (including phenoxy) is 2. The topological polar surface area (TPSA) is 48.4 Å². The van der Waals surface area contributed by atoms with Crippen molar-refractivity contribution in [3.05, 3.63) is 16.1 Å². The Bertz CT molecular complexity index is 358. The molecule has 2 rings (SSSR count). The molecule has 16 heavy (non-hydrogen) atoms. The first-order valence-electron chi connectivity index (χ1n) is 5.51. The Labute approximate surface area is 98.6 Å². The quantitative estimate of drug-likeness (QED) is 0.761. The van der Waals surface area contributed by atoms with Crippen LogP contribution in [0.25, 0.3) is 0 Å². The molecule has 0 radical (unpaired) electrons. The van der Waals surface area contributed by atoms with Crippen LogP contribution in [0.5, 0.6) is 0 Å². The van der Waals surface area contributed by atoms with Crippen LogP contribution in [-0.2, 0) is 9.47 Å². The predicted molar refractivity (Wildman–Crippen MR) is 60.9 cm³/mol. The van der Waals surface area contributed by atoms with E-state index in [-0.39, 0.29) is 5.97 Å². The van der Waals surface area contributed by atoms with Crippen molar-refractivity contribution in [1.82, 2.24) is 4.98 Å². The van der Waals surface area contributed by atoms with Crippen LogP contribution < -0.4 is 0 Å². The number of esters is 1. The maximum atomic E-state index is 11.4. The lowest BCUT2D eigenvalue weighted by Crippen LogP contribution is -2.15. The van der Waals surface area contributed by atoms with Gasteiger partial charge in [0.15, 0.2) is 5.69 Å². The summed E-state index contributed by atoms with van der Waals surface area (Å²) in [6.45, 7) is 3.74. The van der Waals surface area contributed by atoms with Gasteiger partial charge in [-0.05, 0) is 19.8 Å². The van der Waals surface area contributed by atoms with Crippen LogP contribution in [0.3, 0.4) is 0 Å². The van der Waals surface area contributed by atoms with Gasteiger partial charge in [0.05, 0.1) is 18.2 Å². The van der Waals surface area contributed by atoms with Gasteiger partial charge < -0.3 is 9.47 Å². The van der Waals surface area contributed by atoms with Gasteiger partial charge >= 0.3 is 5.97 Å². The zero-order chi connectivity index (χ0) is 11.4. The maximum Gasteiger partial charge on any atom is 0.357 e. The summed E-state index contributed by atoms with van der Waals surface area (Å²) in [5.41, 5.74) is 0.424. The first-order valence-corrected chi connectivity index (χ1v) is 6.39. The average Bonchev–Trinajstić information content (AvgIpc) is 2.80. The van der Waals surface area contributed by atoms with Crippen molar-refractivity contribution in [1.29, 1.82) is 0 Å². The smallest absolute Gasteiger partial charge is 0.357 e. The third-order valence-electron chi connectivity index (χ3n) is 2.52. The van der Waals surface area contributed by atoms with E-state index >= 15 is 0 Å². The van der Waals surface area contributed by atoms with Crippen molar-refractivity contribution < 1.29 is 14.3 Å². The van der Waals surface area contributed by atoms with Gasteiger partial charge in [-0.25, -0.2) is 9.78 Å². The van der Waals surface area contributed by atoms with Crippen LogP contribution >= 0.6 is 11.3 Å². The number of carbonyl (C=O) groups is 1. The Hall–Kier alpha value is -0.940. The fraction of sp³-hybridized carbons (Fsp3) is 0.636. The Morgan fingerprint density at radius 3 is 3.31 bits per heavy atom. The number of hydrogen-bond acceptors (Lipinski definition) is 5. The molecule has 1 aromatic heterocycles. The van der Waals surface area contributed by atoms with Gasteiger partial charge in [-0.1, -0.05) is 0 Å². The Kier molecular flexibility index (Phi) is 3.90. The minimum Gasteiger partial charge on any atom is -0.461 e. The van der Waals surface area contributed by atoms with E-state index < -0.39 is 0 Å². The standard InChI is InChI=1S/C11H15NO3S/c1-2-15-11(13)9-7-16-10(12-9)8-4-3-5-14-6-8/h7-8H,2-6H2,1H3. The zero-order valence-electron chi connectivity index (χ0n) is 9.27. The summed E-state index contributed by atoms with van der Waals surface area (Å²) < 4.78 is 10.3. The molecule has 1 unspecified atom stereocenters. The molecule has 1 aliphatic heterocycles. The molecule has 0 spiro atoms. The van der Waals surface area contributed by atoms with Crippen LogP contribution in [0.1, 0.15) is 41.2 Å². The third-order valence-corrected chi connectivity index (χ3v) is 3.52. The molecule has 1 aliphatic rings. The van der Waals surface area contributed by atoms with Gasteiger partial charge in [0, 0.05) is 17.9 Å². The monoisotopic (exact) mass is 241 g/mol. The van der Waals surface area contributed by atoms with Crippen molar-refractivity contribution in [3.63, 3.8) is 0 Å². The van der Waals surface area contributed by atoms with Gasteiger partial charge in [-0.3, -0.25) is 0 Å². The predicted octanol–water partition coefficient (Wildman–Crippen LogP) is 2.21. The molecule has 1 saturated heterocycles. The maximum absolute atomic E-state index is 11.4. The van der Waals surface area contributed by atoms with Crippen LogP contribution in [0, 0.1) is 0 Å². The highest BCUT2D eigenvalue weighted by Crippen LogP contribution is 2.28. The molecule has 0 bridgehead atoms. The average molecular weight is 241 g/mol. The fourth-order valence-electron chi connectivity index (χ4n) is 1.71. The summed E-state index contributed by atoms with van der Waals surface area (Å²) in [7, 11) is 0. The number of carbonyl (C=O) groups excluding carboxylic acids is 1. The molecule has 1 fully saturated rings. The lowest BCUT2D eigenvalue weighted by atomic mass is 10.0. The van der Waals surface area contributed by atoms with E-state index in [0.717, 1.165) is 31.1 Å². The second-order valence-corrected chi connectivity index (χ2v) is 4.60. The van der Waals surface area contributed by atoms with Crippen LogP contribution in [0.2, 0.25) is 0 Å². The highest BCUT2D eigenvalue weighted by Gasteiger charge is 2.21. The van der Waals surface area contributed by atoms with Crippen molar-refractivity contribution >= 4 is 17.3 Å². The van der Waals surface area contributed by atoms with E-state index in [1.54, 1.807) is 12.3 Å². The first-order chi connectivity index (χ1) is 7.81. The molecule has 1 atom stereocenters.